The smallest absolute Gasteiger partial charge is 0.871 e. The van der Waals surface area contributed by atoms with Crippen LogP contribution in [0.15, 0.2) is 475 Å². The molecule has 130 heavy (non-hydrogen) atoms. The van der Waals surface area contributed by atoms with Gasteiger partial charge in [-0.05, 0) is 218 Å². The van der Waals surface area contributed by atoms with Crippen molar-refractivity contribution in [1.82, 2.24) is 0 Å². The van der Waals surface area contributed by atoms with Crippen molar-refractivity contribution >= 4 is 184 Å². The topological polar surface area (TPSA) is 142 Å². The monoisotopic (exact) mass is 2210 g/mol. The van der Waals surface area contributed by atoms with Gasteiger partial charge in [-0.1, -0.05) is 379 Å². The molecule has 0 N–H and O–H groups in total. The minimum absolute atomic E-state index is 0. The maximum Gasteiger partial charge on any atom is 2.00 e. The molecule has 2 saturated carbocycles. The second kappa shape index (κ2) is 54.9. The standard InChI is InChI=1S/2C20H20Br2N2O2.4C18H15P.2Ru/c2*21-15-7-3-5-13(19(15)25)11-23-17-9-1-2-10-18(17)24-12-14-6-4-8-16(22)20(14)26;4*1-4-10-16(11-5-1)19(17-12-6-2-7-13-17)18-14-8-3-9-15-18;;/h2*3-8,11-12,17-18,25-26H,1-2,9-10H2;4*1-15H;;/q;;;;;;2*+2/t2*17-,18-;;;;;;/m11....../s1. The van der Waals surface area contributed by atoms with Crippen LogP contribution in [-0.4, -0.2) is 49.0 Å². The number of benzene rings is 16. The Balaban J connectivity index is 0.000000151. The van der Waals surface area contributed by atoms with Crippen molar-refractivity contribution in [2.75, 3.05) is 0 Å². The van der Waals surface area contributed by atoms with Crippen LogP contribution in [-0.2, 0) is 39.0 Å². The van der Waals surface area contributed by atoms with Gasteiger partial charge in [0, 0.05) is 42.7 Å². The van der Waals surface area contributed by atoms with Crippen molar-refractivity contribution in [2.24, 2.45) is 20.0 Å². The van der Waals surface area contributed by atoms with Crippen LogP contribution in [0.3, 0.4) is 0 Å². The van der Waals surface area contributed by atoms with Crippen molar-refractivity contribution in [1.29, 1.82) is 0 Å². The molecule has 0 aromatic heterocycles. The fourth-order valence-corrected chi connectivity index (χ4v) is 27.2. The molecule has 0 unspecified atom stereocenters. The Bertz CT molecular complexity index is 4990. The van der Waals surface area contributed by atoms with Crippen molar-refractivity contribution in [2.45, 2.75) is 75.5 Å². The summed E-state index contributed by atoms with van der Waals surface area (Å²) in [6.07, 6.45) is 14.8. The van der Waals surface area contributed by atoms with E-state index >= 15 is 0 Å². The maximum atomic E-state index is 12.1. The Hall–Kier alpha value is -9.71. The first kappa shape index (κ1) is 101. The van der Waals surface area contributed by atoms with Crippen LogP contribution in [0.4, 0.5) is 0 Å². The summed E-state index contributed by atoms with van der Waals surface area (Å²) < 4.78 is 2.16. The van der Waals surface area contributed by atoms with Crippen molar-refractivity contribution in [3.63, 3.8) is 0 Å². The van der Waals surface area contributed by atoms with E-state index in [0.717, 1.165) is 51.4 Å². The molecule has 0 amide bonds. The van der Waals surface area contributed by atoms with Crippen molar-refractivity contribution in [3.05, 3.63) is 477 Å². The third-order valence-corrected chi connectivity index (χ3v) is 35.2. The van der Waals surface area contributed by atoms with E-state index < -0.39 is 31.7 Å². The molecule has 0 spiro atoms. The quantitative estimate of drug-likeness (QED) is 0.0425. The van der Waals surface area contributed by atoms with E-state index in [4.69, 9.17) is 0 Å². The van der Waals surface area contributed by atoms with Crippen LogP contribution in [0.5, 0.6) is 23.0 Å². The number of para-hydroxylation sites is 4. The summed E-state index contributed by atoms with van der Waals surface area (Å²) >= 11 is 13.0. The number of hydrogen-bond acceptors (Lipinski definition) is 8. The molecule has 4 atom stereocenters. The first-order valence-corrected chi connectivity index (χ1v) is 52.2. The minimum Gasteiger partial charge on any atom is -0.871 e. The second-order valence-electron chi connectivity index (χ2n) is 30.5. The molecule has 2 fully saturated rings. The Labute approximate surface area is 830 Å². The van der Waals surface area contributed by atoms with Gasteiger partial charge in [-0.2, -0.15) is 0 Å². The van der Waals surface area contributed by atoms with Crippen LogP contribution < -0.4 is 84.1 Å². The van der Waals surface area contributed by atoms with E-state index in [1.54, 1.807) is 73.4 Å². The summed E-state index contributed by atoms with van der Waals surface area (Å²) in [7, 11) is -3.51. The van der Waals surface area contributed by atoms with E-state index in [2.05, 4.69) is 448 Å². The van der Waals surface area contributed by atoms with Gasteiger partial charge in [-0.25, -0.2) is 0 Å². The van der Waals surface area contributed by atoms with Gasteiger partial charge in [-0.3, -0.25) is 20.0 Å². The molecule has 16 aromatic rings. The van der Waals surface area contributed by atoms with E-state index in [1.807, 2.05) is 24.3 Å². The molecular formula is C112H100Br4N4O4P4Ru2+4. The molecule has 652 valence electrons. The van der Waals surface area contributed by atoms with E-state index in [-0.39, 0.29) is 86.1 Å². The SMILES string of the molecule is [O-]c1c(Br)cccc1C=N[C@@H]1CCCC[C@H]1N=Cc1cccc(Br)c1[O-].[O-]c1c(Br)cccc1C=N[C@@H]1CCCC[C@H]1N=Cc1cccc(Br)c1[O-].[Ru+2].[Ru+2].c1ccc([PH+](c2ccccc2)c2ccccc2)cc1.c1ccc([PH+](c2ccccc2)c2ccccc2)cc1.c1ccc([PH+](c2ccccc2)c2ccccc2)cc1.c1ccc([PH+](c2ccccc2)c2ccccc2)cc1. The molecule has 18 heteroatoms. The van der Waals surface area contributed by atoms with Crippen LogP contribution in [0.1, 0.15) is 73.6 Å². The normalized spacial score (nSPS) is 14.5. The fourth-order valence-electron chi connectivity index (χ4n) is 15.3. The van der Waals surface area contributed by atoms with E-state index in [0.29, 0.717) is 40.1 Å². The summed E-state index contributed by atoms with van der Waals surface area (Å²) in [6.45, 7) is 0. The van der Waals surface area contributed by atoms with Crippen molar-refractivity contribution < 1.29 is 59.4 Å². The zero-order chi connectivity index (χ0) is 88.7. The molecule has 0 heterocycles. The Morgan fingerprint density at radius 1 is 0.185 bits per heavy atom. The molecule has 0 radical (unpaired) electrons. The van der Waals surface area contributed by atoms with Gasteiger partial charge in [0.25, 0.3) is 0 Å². The van der Waals surface area contributed by atoms with Gasteiger partial charge in [0.1, 0.15) is 63.7 Å². The zero-order valence-corrected chi connectivity index (χ0v) is 85.3. The number of halogens is 4. The third-order valence-electron chi connectivity index (χ3n) is 21.7. The zero-order valence-electron chi connectivity index (χ0n) is 71.5. The summed E-state index contributed by atoms with van der Waals surface area (Å²) in [6, 6.07) is 151. The molecule has 0 bridgehead atoms. The molecule has 0 saturated heterocycles. The van der Waals surface area contributed by atoms with Gasteiger partial charge < -0.3 is 20.4 Å². The Kier molecular flexibility index (Phi) is 42.6. The molecule has 8 nitrogen and oxygen atoms in total. The average molecular weight is 2210 g/mol. The molecule has 2 aliphatic rings. The Morgan fingerprint density at radius 2 is 0.308 bits per heavy atom. The first-order chi connectivity index (χ1) is 62.9. The molecule has 18 rings (SSSR count). The number of hydrogen-bond donors (Lipinski definition) is 0. The molecule has 16 aromatic carbocycles. The second-order valence-corrected chi connectivity index (χ2v) is 43.8. The fraction of sp³-hybridized carbons (Fsp3) is 0.107. The van der Waals surface area contributed by atoms with Gasteiger partial charge in [-0.15, -0.1) is 0 Å². The number of aliphatic imine (C=N–C) groups is 4. The van der Waals surface area contributed by atoms with E-state index in [9.17, 15) is 20.4 Å². The molecule has 2 aliphatic carbocycles. The third kappa shape index (κ3) is 30.2. The van der Waals surface area contributed by atoms with Crippen LogP contribution in [0.2, 0.25) is 0 Å². The minimum atomic E-state index is -0.877. The number of nitrogens with zero attached hydrogens (tertiary/aromatic N) is 4. The summed E-state index contributed by atoms with van der Waals surface area (Å²) in [5, 5.41) is 65.6. The number of rotatable bonds is 20. The van der Waals surface area contributed by atoms with Gasteiger partial charge in [0.05, 0.1) is 55.9 Å². The van der Waals surface area contributed by atoms with Crippen LogP contribution in [0.25, 0.3) is 0 Å². The molecular weight excluding hydrogens is 2110 g/mol. The average Bonchev–Trinajstić information content (AvgIpc) is 0.822. The van der Waals surface area contributed by atoms with Gasteiger partial charge in [0.2, 0.25) is 0 Å². The van der Waals surface area contributed by atoms with E-state index in [1.165, 1.54) is 63.7 Å². The van der Waals surface area contributed by atoms with Gasteiger partial charge >= 0.3 is 39.0 Å². The summed E-state index contributed by atoms with van der Waals surface area (Å²) in [5.41, 5.74) is 2.28. The van der Waals surface area contributed by atoms with Gasteiger partial charge in [0.15, 0.2) is 0 Å². The predicted octanol–water partition coefficient (Wildman–Crippen LogP) is 21.1. The van der Waals surface area contributed by atoms with Crippen LogP contribution >= 0.6 is 95.4 Å². The first-order valence-electron chi connectivity index (χ1n) is 43.0. The molecule has 0 aliphatic heterocycles. The summed E-state index contributed by atoms with van der Waals surface area (Å²) in [5.74, 6) is -0.232. The maximum absolute atomic E-state index is 12.1. The Morgan fingerprint density at radius 3 is 0.431 bits per heavy atom. The predicted molar refractivity (Wildman–Crippen MR) is 563 cm³/mol. The summed E-state index contributed by atoms with van der Waals surface area (Å²) in [4.78, 5) is 18.6. The van der Waals surface area contributed by atoms with Crippen molar-refractivity contribution in [3.8, 4) is 23.0 Å². The largest absolute Gasteiger partial charge is 2.00 e. The van der Waals surface area contributed by atoms with Crippen LogP contribution in [0, 0.1) is 0 Å².